The molecule has 1 aromatic carbocycles. The molecule has 1 aromatic heterocycles. The molecule has 1 N–H and O–H groups in total. The Hall–Kier alpha value is -2.10. The third-order valence-corrected chi connectivity index (χ3v) is 5.29. The normalized spacial score (nSPS) is 10.5. The first-order valence-corrected chi connectivity index (χ1v) is 9.75. The van der Waals surface area contributed by atoms with E-state index in [0.717, 1.165) is 29.7 Å². The molecular formula is C19H21ClN4OS. The smallest absolute Gasteiger partial charge is 0.234 e. The maximum Gasteiger partial charge on any atom is 0.234 e. The summed E-state index contributed by atoms with van der Waals surface area (Å²) in [6.07, 6.45) is 1.54. The van der Waals surface area contributed by atoms with Crippen LogP contribution in [0.3, 0.4) is 0 Å². The molecule has 1 heterocycles. The lowest BCUT2D eigenvalue weighted by Crippen LogP contribution is -2.17. The summed E-state index contributed by atoms with van der Waals surface area (Å²) in [6.45, 7) is 7.59. The lowest BCUT2D eigenvalue weighted by molar-refractivity contribution is -0.113. The van der Waals surface area contributed by atoms with Crippen LogP contribution in [0.4, 0.5) is 5.69 Å². The van der Waals surface area contributed by atoms with Gasteiger partial charge in [0.1, 0.15) is 22.5 Å². The second-order valence-corrected chi connectivity index (χ2v) is 7.12. The number of aryl methyl sites for hydroxylation is 3. The number of nitrogens with one attached hydrogen (secondary N) is 1. The molecule has 0 saturated carbocycles. The van der Waals surface area contributed by atoms with E-state index < -0.39 is 0 Å². The zero-order chi connectivity index (χ0) is 19.3. The van der Waals surface area contributed by atoms with Crippen LogP contribution in [0.5, 0.6) is 0 Å². The molecule has 0 aliphatic heterocycles. The zero-order valence-corrected chi connectivity index (χ0v) is 16.9. The van der Waals surface area contributed by atoms with E-state index >= 15 is 0 Å². The molecule has 7 heteroatoms. The van der Waals surface area contributed by atoms with Crippen LogP contribution in [-0.4, -0.2) is 21.6 Å². The average Bonchev–Trinajstić information content (AvgIpc) is 2.60. The zero-order valence-electron chi connectivity index (χ0n) is 15.3. The maximum absolute atomic E-state index is 12.5. The SMILES string of the molecule is CCc1ccc(Cl)c(CC)c1NC(=O)CSc1nc(C)nc(C)c1C#N. The number of halogens is 1. The number of rotatable bonds is 6. The van der Waals surface area contributed by atoms with Crippen molar-refractivity contribution >= 4 is 35.0 Å². The largest absolute Gasteiger partial charge is 0.325 e. The third kappa shape index (κ3) is 4.54. The van der Waals surface area contributed by atoms with Gasteiger partial charge in [0.2, 0.25) is 5.91 Å². The molecule has 2 rings (SSSR count). The molecule has 0 bridgehead atoms. The average molecular weight is 389 g/mol. The highest BCUT2D eigenvalue weighted by Gasteiger charge is 2.16. The van der Waals surface area contributed by atoms with Crippen LogP contribution in [-0.2, 0) is 17.6 Å². The number of carbonyl (C=O) groups excluding carboxylic acids is 1. The Kier molecular flexibility index (Phi) is 7.01. The van der Waals surface area contributed by atoms with Crippen molar-refractivity contribution in [2.75, 3.05) is 11.1 Å². The van der Waals surface area contributed by atoms with Crippen molar-refractivity contribution in [3.05, 3.63) is 45.4 Å². The Labute approximate surface area is 163 Å². The van der Waals surface area contributed by atoms with E-state index in [1.807, 2.05) is 26.0 Å². The van der Waals surface area contributed by atoms with Crippen molar-refractivity contribution in [1.82, 2.24) is 9.97 Å². The van der Waals surface area contributed by atoms with E-state index in [2.05, 4.69) is 21.4 Å². The van der Waals surface area contributed by atoms with Crippen LogP contribution in [0.25, 0.3) is 0 Å². The molecule has 0 aliphatic rings. The van der Waals surface area contributed by atoms with Crippen molar-refractivity contribution in [1.29, 1.82) is 5.26 Å². The summed E-state index contributed by atoms with van der Waals surface area (Å²) in [5.41, 5.74) is 3.83. The Morgan fingerprint density at radius 3 is 2.62 bits per heavy atom. The molecule has 5 nitrogen and oxygen atoms in total. The predicted octanol–water partition coefficient (Wildman–Crippen LogP) is 4.47. The van der Waals surface area contributed by atoms with Gasteiger partial charge in [0.05, 0.1) is 11.4 Å². The molecule has 0 atom stereocenters. The number of aromatic nitrogens is 2. The fraction of sp³-hybridized carbons (Fsp3) is 0.368. The fourth-order valence-corrected chi connectivity index (χ4v) is 3.86. The highest BCUT2D eigenvalue weighted by atomic mass is 35.5. The fourth-order valence-electron chi connectivity index (χ4n) is 2.69. The van der Waals surface area contributed by atoms with Crippen molar-refractivity contribution in [2.24, 2.45) is 0 Å². The molecule has 0 aliphatic carbocycles. The van der Waals surface area contributed by atoms with E-state index in [-0.39, 0.29) is 11.7 Å². The molecule has 136 valence electrons. The number of nitrogens with zero attached hydrogens (tertiary/aromatic N) is 3. The lowest BCUT2D eigenvalue weighted by atomic mass is 10.0. The van der Waals surface area contributed by atoms with Gasteiger partial charge in [-0.3, -0.25) is 4.79 Å². The minimum atomic E-state index is -0.153. The van der Waals surface area contributed by atoms with E-state index in [1.54, 1.807) is 13.8 Å². The highest BCUT2D eigenvalue weighted by Crippen LogP contribution is 2.30. The first-order chi connectivity index (χ1) is 12.4. The Morgan fingerprint density at radius 2 is 2.00 bits per heavy atom. The van der Waals surface area contributed by atoms with Gasteiger partial charge in [0.25, 0.3) is 0 Å². The highest BCUT2D eigenvalue weighted by molar-refractivity contribution is 8.00. The molecule has 0 spiro atoms. The van der Waals surface area contributed by atoms with Gasteiger partial charge in [0.15, 0.2) is 0 Å². The van der Waals surface area contributed by atoms with Gasteiger partial charge in [-0.05, 0) is 43.9 Å². The molecule has 26 heavy (non-hydrogen) atoms. The standard InChI is InChI=1S/C19H21ClN4OS/c1-5-13-7-8-16(20)14(6-2)18(13)24-17(25)10-26-19-15(9-21)11(3)22-12(4)23-19/h7-8H,5-6,10H2,1-4H3,(H,24,25). The van der Waals surface area contributed by atoms with Crippen molar-refractivity contribution in [3.63, 3.8) is 0 Å². The first kappa shape index (κ1) is 20.2. The Balaban J connectivity index is 2.19. The van der Waals surface area contributed by atoms with E-state index in [1.165, 1.54) is 11.8 Å². The van der Waals surface area contributed by atoms with Gasteiger partial charge in [-0.15, -0.1) is 0 Å². The van der Waals surface area contributed by atoms with E-state index in [4.69, 9.17) is 11.6 Å². The molecule has 0 unspecified atom stereocenters. The Bertz CT molecular complexity index is 877. The molecule has 0 radical (unpaired) electrons. The summed E-state index contributed by atoms with van der Waals surface area (Å²) in [5, 5.41) is 13.5. The number of thioether (sulfide) groups is 1. The van der Waals surface area contributed by atoms with Gasteiger partial charge in [-0.25, -0.2) is 9.97 Å². The summed E-state index contributed by atoms with van der Waals surface area (Å²) in [5.74, 6) is 0.587. The minimum Gasteiger partial charge on any atom is -0.325 e. The predicted molar refractivity (Wildman–Crippen MR) is 106 cm³/mol. The number of carbonyl (C=O) groups is 1. The van der Waals surface area contributed by atoms with Gasteiger partial charge in [-0.2, -0.15) is 5.26 Å². The topological polar surface area (TPSA) is 78.7 Å². The number of amides is 1. The number of nitriles is 1. The number of hydrogen-bond donors (Lipinski definition) is 1. The molecular weight excluding hydrogens is 368 g/mol. The van der Waals surface area contributed by atoms with Crippen LogP contribution < -0.4 is 5.32 Å². The lowest BCUT2D eigenvalue weighted by Gasteiger charge is -2.16. The first-order valence-electron chi connectivity index (χ1n) is 8.39. The van der Waals surface area contributed by atoms with Gasteiger partial charge >= 0.3 is 0 Å². The Morgan fingerprint density at radius 1 is 1.27 bits per heavy atom. The molecule has 0 saturated heterocycles. The molecule has 2 aromatic rings. The van der Waals surface area contributed by atoms with Gasteiger partial charge in [-0.1, -0.05) is 43.3 Å². The maximum atomic E-state index is 12.5. The number of anilines is 1. The van der Waals surface area contributed by atoms with Crippen LogP contribution in [0.15, 0.2) is 17.2 Å². The summed E-state index contributed by atoms with van der Waals surface area (Å²) in [6, 6.07) is 5.92. The summed E-state index contributed by atoms with van der Waals surface area (Å²) < 4.78 is 0. The van der Waals surface area contributed by atoms with Crippen molar-refractivity contribution < 1.29 is 4.79 Å². The summed E-state index contributed by atoms with van der Waals surface area (Å²) in [4.78, 5) is 21.0. The quantitative estimate of drug-likeness (QED) is 0.583. The summed E-state index contributed by atoms with van der Waals surface area (Å²) >= 11 is 7.52. The minimum absolute atomic E-state index is 0.153. The van der Waals surface area contributed by atoms with Crippen molar-refractivity contribution in [2.45, 2.75) is 45.6 Å². The third-order valence-electron chi connectivity index (χ3n) is 3.96. The van der Waals surface area contributed by atoms with Crippen LogP contribution in [0.1, 0.15) is 42.1 Å². The monoisotopic (exact) mass is 388 g/mol. The van der Waals surface area contributed by atoms with Gasteiger partial charge in [0, 0.05) is 10.7 Å². The molecule has 0 fully saturated rings. The van der Waals surface area contributed by atoms with Crippen LogP contribution in [0.2, 0.25) is 5.02 Å². The molecule has 1 amide bonds. The van der Waals surface area contributed by atoms with Crippen molar-refractivity contribution in [3.8, 4) is 6.07 Å². The second kappa shape index (κ2) is 9.02. The van der Waals surface area contributed by atoms with Gasteiger partial charge < -0.3 is 5.32 Å². The van der Waals surface area contributed by atoms with Crippen LogP contribution >= 0.6 is 23.4 Å². The van der Waals surface area contributed by atoms with E-state index in [0.29, 0.717) is 27.1 Å². The van der Waals surface area contributed by atoms with Crippen LogP contribution in [0, 0.1) is 25.2 Å². The summed E-state index contributed by atoms with van der Waals surface area (Å²) in [7, 11) is 0. The number of benzene rings is 1. The number of hydrogen-bond acceptors (Lipinski definition) is 5. The second-order valence-electron chi connectivity index (χ2n) is 5.75. The van der Waals surface area contributed by atoms with E-state index in [9.17, 15) is 10.1 Å².